The lowest BCUT2D eigenvalue weighted by Gasteiger charge is -2.33. The van der Waals surface area contributed by atoms with Crippen LogP contribution < -0.4 is 4.74 Å². The Bertz CT molecular complexity index is 459. The van der Waals surface area contributed by atoms with Crippen LogP contribution in [0.25, 0.3) is 0 Å². The summed E-state index contributed by atoms with van der Waals surface area (Å²) in [4.78, 5) is 0. The van der Waals surface area contributed by atoms with Gasteiger partial charge in [0.25, 0.3) is 0 Å². The van der Waals surface area contributed by atoms with Crippen molar-refractivity contribution < 1.29 is 9.84 Å². The highest BCUT2D eigenvalue weighted by atomic mass is 16.5. The van der Waals surface area contributed by atoms with Crippen molar-refractivity contribution in [3.05, 3.63) is 29.3 Å². The standard InChI is InChI=1S/C16H20O2/c1-3-4-5-9-16(17)10-8-13-6-7-15(18-2)11-14(13)12-16/h1,6-7,11,17H,4-5,8-10,12H2,2H3. The number of aryl methyl sites for hydroxylation is 1. The van der Waals surface area contributed by atoms with Crippen molar-refractivity contribution >= 4 is 0 Å². The first-order chi connectivity index (χ1) is 8.67. The van der Waals surface area contributed by atoms with Crippen LogP contribution in [0, 0.1) is 12.3 Å². The van der Waals surface area contributed by atoms with Crippen molar-refractivity contribution in [3.63, 3.8) is 0 Å². The molecule has 0 bridgehead atoms. The molecule has 1 N–H and O–H groups in total. The first-order valence-corrected chi connectivity index (χ1v) is 6.48. The smallest absolute Gasteiger partial charge is 0.119 e. The van der Waals surface area contributed by atoms with Gasteiger partial charge in [0.15, 0.2) is 0 Å². The molecule has 2 heteroatoms. The molecule has 1 aromatic carbocycles. The van der Waals surface area contributed by atoms with E-state index in [1.54, 1.807) is 7.11 Å². The molecule has 1 unspecified atom stereocenters. The second kappa shape index (κ2) is 5.46. The van der Waals surface area contributed by atoms with Gasteiger partial charge in [-0.05, 0) is 48.9 Å². The van der Waals surface area contributed by atoms with E-state index >= 15 is 0 Å². The minimum Gasteiger partial charge on any atom is -0.497 e. The van der Waals surface area contributed by atoms with Crippen LogP contribution in [0.5, 0.6) is 5.75 Å². The molecular formula is C16H20O2. The third kappa shape index (κ3) is 2.86. The van der Waals surface area contributed by atoms with Gasteiger partial charge in [-0.3, -0.25) is 0 Å². The summed E-state index contributed by atoms with van der Waals surface area (Å²) in [7, 11) is 1.67. The van der Waals surface area contributed by atoms with E-state index in [2.05, 4.69) is 12.0 Å². The summed E-state index contributed by atoms with van der Waals surface area (Å²) in [6.45, 7) is 0. The summed E-state index contributed by atoms with van der Waals surface area (Å²) in [5, 5.41) is 10.6. The zero-order valence-electron chi connectivity index (χ0n) is 10.9. The van der Waals surface area contributed by atoms with Crippen LogP contribution in [-0.4, -0.2) is 17.8 Å². The number of terminal acetylenes is 1. The number of methoxy groups -OCH3 is 1. The van der Waals surface area contributed by atoms with Crippen LogP contribution in [0.2, 0.25) is 0 Å². The molecule has 2 rings (SSSR count). The monoisotopic (exact) mass is 244 g/mol. The second-order valence-electron chi connectivity index (χ2n) is 5.09. The normalized spacial score (nSPS) is 22.1. The fourth-order valence-electron chi connectivity index (χ4n) is 2.68. The Balaban J connectivity index is 2.10. The Morgan fingerprint density at radius 3 is 3.00 bits per heavy atom. The molecule has 1 aromatic rings. The zero-order valence-corrected chi connectivity index (χ0v) is 10.9. The summed E-state index contributed by atoms with van der Waals surface area (Å²) in [5.74, 6) is 3.49. The van der Waals surface area contributed by atoms with Crippen molar-refractivity contribution in [1.82, 2.24) is 0 Å². The van der Waals surface area contributed by atoms with E-state index in [4.69, 9.17) is 11.2 Å². The van der Waals surface area contributed by atoms with Gasteiger partial charge in [-0.1, -0.05) is 6.07 Å². The molecule has 1 atom stereocenters. The minimum atomic E-state index is -0.587. The number of rotatable bonds is 4. The molecular weight excluding hydrogens is 224 g/mol. The quantitative estimate of drug-likeness (QED) is 0.652. The largest absolute Gasteiger partial charge is 0.497 e. The molecule has 18 heavy (non-hydrogen) atoms. The van der Waals surface area contributed by atoms with E-state index in [0.29, 0.717) is 6.42 Å². The van der Waals surface area contributed by atoms with Gasteiger partial charge >= 0.3 is 0 Å². The van der Waals surface area contributed by atoms with Gasteiger partial charge in [-0.25, -0.2) is 0 Å². The highest BCUT2D eigenvalue weighted by Crippen LogP contribution is 2.34. The van der Waals surface area contributed by atoms with Crippen molar-refractivity contribution in [1.29, 1.82) is 0 Å². The van der Waals surface area contributed by atoms with Crippen LogP contribution in [0.1, 0.15) is 36.8 Å². The molecule has 2 nitrogen and oxygen atoms in total. The van der Waals surface area contributed by atoms with Gasteiger partial charge < -0.3 is 9.84 Å². The molecule has 0 spiro atoms. The summed E-state index contributed by atoms with van der Waals surface area (Å²) in [5.41, 5.74) is 1.96. The SMILES string of the molecule is C#CCCCC1(O)CCc2ccc(OC)cc2C1. The predicted molar refractivity (Wildman–Crippen MR) is 72.7 cm³/mol. The Kier molecular flexibility index (Phi) is 3.93. The van der Waals surface area contributed by atoms with E-state index < -0.39 is 5.60 Å². The van der Waals surface area contributed by atoms with Crippen molar-refractivity contribution in [2.45, 2.75) is 44.1 Å². The number of ether oxygens (including phenoxy) is 1. The fraction of sp³-hybridized carbons (Fsp3) is 0.500. The lowest BCUT2D eigenvalue weighted by Crippen LogP contribution is -2.35. The number of hydrogen-bond donors (Lipinski definition) is 1. The van der Waals surface area contributed by atoms with Gasteiger partial charge in [0.1, 0.15) is 5.75 Å². The summed E-state index contributed by atoms with van der Waals surface area (Å²) in [6, 6.07) is 6.14. The molecule has 0 saturated carbocycles. The summed E-state index contributed by atoms with van der Waals surface area (Å²) >= 11 is 0. The van der Waals surface area contributed by atoms with Crippen molar-refractivity contribution in [2.24, 2.45) is 0 Å². The Morgan fingerprint density at radius 2 is 2.28 bits per heavy atom. The molecule has 0 heterocycles. The van der Waals surface area contributed by atoms with E-state index in [1.165, 1.54) is 11.1 Å². The summed E-state index contributed by atoms with van der Waals surface area (Å²) < 4.78 is 5.24. The van der Waals surface area contributed by atoms with Gasteiger partial charge in [-0.2, -0.15) is 0 Å². The van der Waals surface area contributed by atoms with E-state index in [9.17, 15) is 5.11 Å². The molecule has 0 saturated heterocycles. The van der Waals surface area contributed by atoms with Gasteiger partial charge in [0.05, 0.1) is 12.7 Å². The van der Waals surface area contributed by atoms with Crippen LogP contribution >= 0.6 is 0 Å². The fourth-order valence-corrected chi connectivity index (χ4v) is 2.68. The Labute approximate surface area is 109 Å². The predicted octanol–water partition coefficient (Wildman–Crippen LogP) is 2.72. The third-order valence-corrected chi connectivity index (χ3v) is 3.76. The molecule has 0 amide bonds. The second-order valence-corrected chi connectivity index (χ2v) is 5.09. The number of hydrogen-bond acceptors (Lipinski definition) is 2. The van der Waals surface area contributed by atoms with Gasteiger partial charge in [-0.15, -0.1) is 12.3 Å². The number of aliphatic hydroxyl groups is 1. The number of unbranched alkanes of at least 4 members (excludes halogenated alkanes) is 1. The molecule has 96 valence electrons. The Morgan fingerprint density at radius 1 is 1.44 bits per heavy atom. The number of fused-ring (bicyclic) bond motifs is 1. The third-order valence-electron chi connectivity index (χ3n) is 3.76. The van der Waals surface area contributed by atoms with Crippen LogP contribution in [0.4, 0.5) is 0 Å². The maximum Gasteiger partial charge on any atom is 0.119 e. The van der Waals surface area contributed by atoms with Crippen LogP contribution in [0.15, 0.2) is 18.2 Å². The molecule has 0 fully saturated rings. The molecule has 0 aromatic heterocycles. The molecule has 1 aliphatic rings. The minimum absolute atomic E-state index is 0.587. The topological polar surface area (TPSA) is 29.5 Å². The highest BCUT2D eigenvalue weighted by Gasteiger charge is 2.31. The van der Waals surface area contributed by atoms with Gasteiger partial charge in [0.2, 0.25) is 0 Å². The lowest BCUT2D eigenvalue weighted by molar-refractivity contribution is 0.0164. The van der Waals surface area contributed by atoms with Crippen LogP contribution in [-0.2, 0) is 12.8 Å². The molecule has 0 radical (unpaired) electrons. The average molecular weight is 244 g/mol. The first kappa shape index (κ1) is 13.0. The molecule has 0 aliphatic heterocycles. The number of benzene rings is 1. The van der Waals surface area contributed by atoms with E-state index in [1.807, 2.05) is 12.1 Å². The van der Waals surface area contributed by atoms with E-state index in [-0.39, 0.29) is 0 Å². The van der Waals surface area contributed by atoms with Gasteiger partial charge in [0, 0.05) is 12.8 Å². The van der Waals surface area contributed by atoms with Crippen molar-refractivity contribution in [3.8, 4) is 18.1 Å². The first-order valence-electron chi connectivity index (χ1n) is 6.48. The molecule has 1 aliphatic carbocycles. The maximum atomic E-state index is 10.6. The highest BCUT2D eigenvalue weighted by molar-refractivity contribution is 5.38. The maximum absolute atomic E-state index is 10.6. The summed E-state index contributed by atoms with van der Waals surface area (Å²) in [6.07, 6.45) is 10.2. The lowest BCUT2D eigenvalue weighted by atomic mass is 9.78. The zero-order chi connectivity index (χ0) is 13.0. The average Bonchev–Trinajstić information content (AvgIpc) is 2.38. The van der Waals surface area contributed by atoms with Crippen molar-refractivity contribution in [2.75, 3.05) is 7.11 Å². The van der Waals surface area contributed by atoms with E-state index in [0.717, 1.165) is 37.9 Å². The Hall–Kier alpha value is -1.46. The van der Waals surface area contributed by atoms with Crippen LogP contribution in [0.3, 0.4) is 0 Å².